The summed E-state index contributed by atoms with van der Waals surface area (Å²) in [6, 6.07) is 6.68. The van der Waals surface area contributed by atoms with Gasteiger partial charge in [-0.25, -0.2) is 9.67 Å². The quantitative estimate of drug-likeness (QED) is 0.910. The normalized spacial score (nSPS) is 19.8. The zero-order valence-electron chi connectivity index (χ0n) is 12.6. The predicted molar refractivity (Wildman–Crippen MR) is 83.3 cm³/mol. The average molecular weight is 285 g/mol. The summed E-state index contributed by atoms with van der Waals surface area (Å²) in [7, 11) is 0. The Morgan fingerprint density at radius 3 is 3.14 bits per heavy atom. The van der Waals surface area contributed by atoms with Crippen LogP contribution in [0.15, 0.2) is 36.8 Å². The number of nitrogens with one attached hydrogen (secondary N) is 1. The first-order valence-corrected chi connectivity index (χ1v) is 7.76. The van der Waals surface area contributed by atoms with E-state index in [0.717, 1.165) is 25.5 Å². The lowest BCUT2D eigenvalue weighted by Crippen LogP contribution is -2.45. The van der Waals surface area contributed by atoms with Gasteiger partial charge in [-0.1, -0.05) is 6.92 Å². The highest BCUT2D eigenvalue weighted by molar-refractivity contribution is 5.26. The third-order valence-corrected chi connectivity index (χ3v) is 4.10. The van der Waals surface area contributed by atoms with Crippen LogP contribution in [0.5, 0.6) is 0 Å². The van der Waals surface area contributed by atoms with E-state index in [2.05, 4.69) is 39.4 Å². The Morgan fingerprint density at radius 1 is 1.38 bits per heavy atom. The van der Waals surface area contributed by atoms with Crippen molar-refractivity contribution in [2.24, 2.45) is 0 Å². The monoisotopic (exact) mass is 285 g/mol. The second-order valence-electron chi connectivity index (χ2n) is 5.59. The van der Waals surface area contributed by atoms with Crippen LogP contribution in [0, 0.1) is 0 Å². The van der Waals surface area contributed by atoms with Crippen molar-refractivity contribution in [2.45, 2.75) is 32.4 Å². The second kappa shape index (κ2) is 6.83. The molecule has 0 amide bonds. The van der Waals surface area contributed by atoms with Gasteiger partial charge in [-0.3, -0.25) is 0 Å². The maximum absolute atomic E-state index is 4.37. The van der Waals surface area contributed by atoms with Crippen molar-refractivity contribution in [1.82, 2.24) is 25.0 Å². The van der Waals surface area contributed by atoms with Crippen LogP contribution in [0.1, 0.15) is 25.3 Å². The molecule has 0 spiro atoms. The van der Waals surface area contributed by atoms with E-state index in [0.29, 0.717) is 6.04 Å². The second-order valence-corrected chi connectivity index (χ2v) is 5.59. The number of likely N-dealkylation sites (tertiary alicyclic amines) is 1. The van der Waals surface area contributed by atoms with Crippen LogP contribution >= 0.6 is 0 Å². The molecule has 5 nitrogen and oxygen atoms in total. The first-order valence-electron chi connectivity index (χ1n) is 7.76. The Morgan fingerprint density at radius 2 is 2.33 bits per heavy atom. The molecule has 1 saturated heterocycles. The van der Waals surface area contributed by atoms with E-state index in [1.807, 2.05) is 18.5 Å². The van der Waals surface area contributed by atoms with Crippen molar-refractivity contribution < 1.29 is 0 Å². The fourth-order valence-corrected chi connectivity index (χ4v) is 2.87. The summed E-state index contributed by atoms with van der Waals surface area (Å²) in [5, 5.41) is 7.90. The Labute approximate surface area is 126 Å². The Hall–Kier alpha value is -1.72. The molecule has 5 heteroatoms. The Kier molecular flexibility index (Phi) is 4.62. The zero-order chi connectivity index (χ0) is 14.5. The molecule has 112 valence electrons. The fraction of sp³-hybridized carbons (Fsp3) is 0.500. The molecule has 1 aliphatic heterocycles. The van der Waals surface area contributed by atoms with Gasteiger partial charge in [-0.15, -0.1) is 0 Å². The molecule has 21 heavy (non-hydrogen) atoms. The first kappa shape index (κ1) is 14.2. The number of pyridine rings is 1. The third kappa shape index (κ3) is 3.68. The van der Waals surface area contributed by atoms with E-state index < -0.39 is 0 Å². The predicted octanol–water partition coefficient (Wildman–Crippen LogP) is 1.84. The van der Waals surface area contributed by atoms with E-state index in [9.17, 15) is 0 Å². The number of piperidine rings is 1. The SMILES string of the molecule is CCN1CCCC(NCc2ccnc(-n3cccn3)c2)C1. The summed E-state index contributed by atoms with van der Waals surface area (Å²) < 4.78 is 1.79. The van der Waals surface area contributed by atoms with Gasteiger partial charge in [0.25, 0.3) is 0 Å². The number of hydrogen-bond acceptors (Lipinski definition) is 4. The molecule has 1 aliphatic rings. The molecule has 2 aromatic rings. The fourth-order valence-electron chi connectivity index (χ4n) is 2.87. The van der Waals surface area contributed by atoms with Gasteiger partial charge in [0.05, 0.1) is 0 Å². The van der Waals surface area contributed by atoms with Crippen molar-refractivity contribution >= 4 is 0 Å². The van der Waals surface area contributed by atoms with Crippen LogP contribution in [0.25, 0.3) is 5.82 Å². The first-order chi connectivity index (χ1) is 10.3. The average Bonchev–Trinajstić information content (AvgIpc) is 3.08. The Balaban J connectivity index is 1.59. The molecule has 2 aromatic heterocycles. The molecule has 0 saturated carbocycles. The minimum atomic E-state index is 0.597. The van der Waals surface area contributed by atoms with Gasteiger partial charge in [0.2, 0.25) is 0 Å². The summed E-state index contributed by atoms with van der Waals surface area (Å²) in [6.07, 6.45) is 8.11. The van der Waals surface area contributed by atoms with Crippen molar-refractivity contribution in [2.75, 3.05) is 19.6 Å². The molecular formula is C16H23N5. The molecule has 0 aromatic carbocycles. The molecule has 1 fully saturated rings. The van der Waals surface area contributed by atoms with Crippen LogP contribution in [-0.2, 0) is 6.54 Å². The van der Waals surface area contributed by atoms with Crippen LogP contribution in [-0.4, -0.2) is 45.3 Å². The van der Waals surface area contributed by atoms with E-state index in [4.69, 9.17) is 0 Å². The van der Waals surface area contributed by atoms with Gasteiger partial charge in [-0.05, 0) is 49.7 Å². The minimum absolute atomic E-state index is 0.597. The largest absolute Gasteiger partial charge is 0.309 e. The van der Waals surface area contributed by atoms with E-state index in [-0.39, 0.29) is 0 Å². The molecule has 0 radical (unpaired) electrons. The highest BCUT2D eigenvalue weighted by Crippen LogP contribution is 2.11. The smallest absolute Gasteiger partial charge is 0.153 e. The van der Waals surface area contributed by atoms with Crippen LogP contribution in [0.3, 0.4) is 0 Å². The molecule has 1 atom stereocenters. The molecule has 1 N–H and O–H groups in total. The van der Waals surface area contributed by atoms with Gasteiger partial charge in [0.15, 0.2) is 5.82 Å². The maximum Gasteiger partial charge on any atom is 0.153 e. The van der Waals surface area contributed by atoms with Crippen molar-refractivity contribution in [1.29, 1.82) is 0 Å². The highest BCUT2D eigenvalue weighted by atomic mass is 15.3. The van der Waals surface area contributed by atoms with Crippen LogP contribution in [0.4, 0.5) is 0 Å². The number of hydrogen-bond donors (Lipinski definition) is 1. The van der Waals surface area contributed by atoms with Gasteiger partial charge >= 0.3 is 0 Å². The summed E-state index contributed by atoms with van der Waals surface area (Å²) in [4.78, 5) is 6.88. The van der Waals surface area contributed by atoms with E-state index in [1.165, 1.54) is 24.9 Å². The van der Waals surface area contributed by atoms with Crippen molar-refractivity contribution in [3.8, 4) is 5.82 Å². The van der Waals surface area contributed by atoms with Gasteiger partial charge in [0, 0.05) is 37.7 Å². The summed E-state index contributed by atoms with van der Waals surface area (Å²) in [6.45, 7) is 6.68. The molecule has 0 bridgehead atoms. The lowest BCUT2D eigenvalue weighted by atomic mass is 10.1. The minimum Gasteiger partial charge on any atom is -0.309 e. The maximum atomic E-state index is 4.37. The topological polar surface area (TPSA) is 46.0 Å². The van der Waals surface area contributed by atoms with Crippen LogP contribution < -0.4 is 5.32 Å². The molecule has 0 aliphatic carbocycles. The summed E-state index contributed by atoms with van der Waals surface area (Å²) in [5.74, 6) is 0.873. The van der Waals surface area contributed by atoms with Crippen molar-refractivity contribution in [3.63, 3.8) is 0 Å². The molecule has 1 unspecified atom stereocenters. The number of aromatic nitrogens is 3. The van der Waals surface area contributed by atoms with Crippen LogP contribution in [0.2, 0.25) is 0 Å². The third-order valence-electron chi connectivity index (χ3n) is 4.10. The van der Waals surface area contributed by atoms with Gasteiger partial charge in [-0.2, -0.15) is 5.10 Å². The van der Waals surface area contributed by atoms with E-state index in [1.54, 1.807) is 10.9 Å². The molecule has 3 heterocycles. The lowest BCUT2D eigenvalue weighted by molar-refractivity contribution is 0.198. The molecule has 3 rings (SSSR count). The number of rotatable bonds is 5. The zero-order valence-corrected chi connectivity index (χ0v) is 12.6. The lowest BCUT2D eigenvalue weighted by Gasteiger charge is -2.32. The van der Waals surface area contributed by atoms with Gasteiger partial charge in [0.1, 0.15) is 0 Å². The van der Waals surface area contributed by atoms with E-state index >= 15 is 0 Å². The summed E-state index contributed by atoms with van der Waals surface area (Å²) >= 11 is 0. The highest BCUT2D eigenvalue weighted by Gasteiger charge is 2.17. The number of likely N-dealkylation sites (N-methyl/N-ethyl adjacent to an activating group) is 1. The standard InChI is InChI=1S/C16H23N5/c1-2-20-9-3-5-15(13-20)18-12-14-6-8-17-16(11-14)21-10-4-7-19-21/h4,6-8,10-11,15,18H,2-3,5,9,12-13H2,1H3. The van der Waals surface area contributed by atoms with Gasteiger partial charge < -0.3 is 10.2 Å². The Bertz CT molecular complexity index is 552. The summed E-state index contributed by atoms with van der Waals surface area (Å²) in [5.41, 5.74) is 1.25. The molecular weight excluding hydrogens is 262 g/mol. The van der Waals surface area contributed by atoms with Crippen molar-refractivity contribution in [3.05, 3.63) is 42.4 Å². The number of nitrogens with zero attached hydrogens (tertiary/aromatic N) is 4.